The Bertz CT molecular complexity index is 470. The number of hydrogen-bond donors (Lipinski definition) is 3. The molecule has 1 aromatic carbocycles. The van der Waals surface area contributed by atoms with E-state index >= 15 is 0 Å². The number of piperazine rings is 1. The van der Waals surface area contributed by atoms with E-state index in [0.29, 0.717) is 12.2 Å². The summed E-state index contributed by atoms with van der Waals surface area (Å²) >= 11 is 0. The Labute approximate surface area is 118 Å². The molecule has 0 saturated carbocycles. The molecule has 1 fully saturated rings. The van der Waals surface area contributed by atoms with Crippen molar-refractivity contribution in [2.24, 2.45) is 0 Å². The molecule has 0 spiro atoms. The van der Waals surface area contributed by atoms with Crippen molar-refractivity contribution in [3.05, 3.63) is 42.7 Å². The van der Waals surface area contributed by atoms with Gasteiger partial charge in [-0.3, -0.25) is 4.79 Å². The van der Waals surface area contributed by atoms with Crippen molar-refractivity contribution in [2.75, 3.05) is 44.6 Å². The summed E-state index contributed by atoms with van der Waals surface area (Å²) < 4.78 is 13.0. The molecule has 4 nitrogen and oxygen atoms in total. The third-order valence-electron chi connectivity index (χ3n) is 3.62. The zero-order chi connectivity index (χ0) is 14.4. The molecule has 1 aliphatic rings. The molecule has 3 N–H and O–H groups in total. The Morgan fingerprint density at radius 1 is 1.30 bits per heavy atom. The maximum absolute atomic E-state index is 13.0. The van der Waals surface area contributed by atoms with Gasteiger partial charge in [0.1, 0.15) is 32.0 Å². The van der Waals surface area contributed by atoms with Crippen LogP contribution in [0.25, 0.3) is 0 Å². The second kappa shape index (κ2) is 7.17. The number of carbonyl (C=O) groups excluding carboxylic acids is 1. The fourth-order valence-electron chi connectivity index (χ4n) is 2.54. The SMILES string of the molecule is C=CC[NH+]1CC[NH+](CC(=O)Nc2cccc(F)c2)CC1. The van der Waals surface area contributed by atoms with E-state index < -0.39 is 0 Å². The van der Waals surface area contributed by atoms with Crippen LogP contribution >= 0.6 is 0 Å². The zero-order valence-corrected chi connectivity index (χ0v) is 11.6. The fraction of sp³-hybridized carbons (Fsp3) is 0.400. The van der Waals surface area contributed by atoms with Crippen LogP contribution in [0.4, 0.5) is 10.1 Å². The van der Waals surface area contributed by atoms with Crippen molar-refractivity contribution in [2.45, 2.75) is 0 Å². The highest BCUT2D eigenvalue weighted by Crippen LogP contribution is 2.08. The van der Waals surface area contributed by atoms with Crippen LogP contribution in [0.1, 0.15) is 0 Å². The van der Waals surface area contributed by atoms with E-state index in [1.807, 2.05) is 6.08 Å². The maximum Gasteiger partial charge on any atom is 0.279 e. The number of quaternary nitrogens is 2. The van der Waals surface area contributed by atoms with E-state index in [-0.39, 0.29) is 11.7 Å². The van der Waals surface area contributed by atoms with Crippen LogP contribution in [-0.4, -0.2) is 45.2 Å². The van der Waals surface area contributed by atoms with Gasteiger partial charge in [0.2, 0.25) is 0 Å². The minimum absolute atomic E-state index is 0.0576. The molecule has 1 saturated heterocycles. The first kappa shape index (κ1) is 14.7. The summed E-state index contributed by atoms with van der Waals surface area (Å²) in [6, 6.07) is 5.99. The molecule has 0 bridgehead atoms. The van der Waals surface area contributed by atoms with Gasteiger partial charge in [0.05, 0.1) is 6.54 Å². The summed E-state index contributed by atoms with van der Waals surface area (Å²) in [6.45, 7) is 9.28. The average Bonchev–Trinajstić information content (AvgIpc) is 2.41. The third kappa shape index (κ3) is 4.43. The molecule has 2 rings (SSSR count). The highest BCUT2D eigenvalue weighted by Gasteiger charge is 2.23. The summed E-state index contributed by atoms with van der Waals surface area (Å²) in [5.41, 5.74) is 0.519. The van der Waals surface area contributed by atoms with Crippen LogP contribution in [0.15, 0.2) is 36.9 Å². The lowest BCUT2D eigenvalue weighted by atomic mass is 10.3. The lowest BCUT2D eigenvalue weighted by molar-refractivity contribution is -1.01. The molecule has 5 heteroatoms. The molecule has 0 atom stereocenters. The summed E-state index contributed by atoms with van der Waals surface area (Å²) in [5.74, 6) is -0.394. The van der Waals surface area contributed by atoms with Gasteiger partial charge < -0.3 is 15.1 Å². The summed E-state index contributed by atoms with van der Waals surface area (Å²) in [5, 5.41) is 2.74. The minimum Gasteiger partial charge on any atom is -0.322 e. The second-order valence-electron chi connectivity index (χ2n) is 5.23. The first-order valence-electron chi connectivity index (χ1n) is 7.01. The van der Waals surface area contributed by atoms with Gasteiger partial charge in [-0.25, -0.2) is 4.39 Å². The minimum atomic E-state index is -0.336. The van der Waals surface area contributed by atoms with Gasteiger partial charge >= 0.3 is 0 Å². The Kier molecular flexibility index (Phi) is 5.26. The van der Waals surface area contributed by atoms with Crippen LogP contribution in [0.3, 0.4) is 0 Å². The third-order valence-corrected chi connectivity index (χ3v) is 3.62. The normalized spacial score (nSPS) is 22.2. The van der Waals surface area contributed by atoms with E-state index in [1.54, 1.807) is 12.1 Å². The summed E-state index contributed by atoms with van der Waals surface area (Å²) in [7, 11) is 0. The second-order valence-corrected chi connectivity index (χ2v) is 5.23. The van der Waals surface area contributed by atoms with Gasteiger partial charge in [-0.2, -0.15) is 0 Å². The van der Waals surface area contributed by atoms with Crippen LogP contribution in [0.5, 0.6) is 0 Å². The number of nitrogens with one attached hydrogen (secondary N) is 3. The van der Waals surface area contributed by atoms with Crippen molar-refractivity contribution >= 4 is 11.6 Å². The van der Waals surface area contributed by atoms with E-state index in [1.165, 1.54) is 21.9 Å². The monoisotopic (exact) mass is 279 g/mol. The predicted octanol–water partition coefficient (Wildman–Crippen LogP) is -1.27. The van der Waals surface area contributed by atoms with Gasteiger partial charge in [0, 0.05) is 5.69 Å². The van der Waals surface area contributed by atoms with Gasteiger partial charge in [0.15, 0.2) is 6.54 Å². The molecule has 1 aromatic rings. The van der Waals surface area contributed by atoms with Crippen molar-refractivity contribution < 1.29 is 19.0 Å². The number of halogens is 1. The number of amides is 1. The number of hydrogen-bond acceptors (Lipinski definition) is 1. The lowest BCUT2D eigenvalue weighted by Gasteiger charge is -2.28. The van der Waals surface area contributed by atoms with Crippen molar-refractivity contribution in [3.63, 3.8) is 0 Å². The first-order valence-corrected chi connectivity index (χ1v) is 7.01. The molecule has 108 valence electrons. The zero-order valence-electron chi connectivity index (χ0n) is 11.6. The fourth-order valence-corrected chi connectivity index (χ4v) is 2.54. The van der Waals surface area contributed by atoms with Gasteiger partial charge in [0.25, 0.3) is 5.91 Å². The van der Waals surface area contributed by atoms with Gasteiger partial charge in [-0.1, -0.05) is 12.6 Å². The molecule has 1 amide bonds. The molecular weight excluding hydrogens is 257 g/mol. The molecule has 0 unspecified atom stereocenters. The molecule has 1 heterocycles. The number of rotatable bonds is 5. The van der Waals surface area contributed by atoms with Crippen LogP contribution < -0.4 is 15.1 Å². The van der Waals surface area contributed by atoms with Crippen molar-refractivity contribution in [1.82, 2.24) is 0 Å². The van der Waals surface area contributed by atoms with E-state index in [0.717, 1.165) is 32.7 Å². The van der Waals surface area contributed by atoms with E-state index in [9.17, 15) is 9.18 Å². The standard InChI is InChI=1S/C15H20FN3O/c1-2-6-18-7-9-19(10-8-18)12-15(20)17-14-5-3-4-13(16)11-14/h2-5,11H,1,6-10,12H2,(H,17,20)/p+2. The largest absolute Gasteiger partial charge is 0.322 e. The van der Waals surface area contributed by atoms with Gasteiger partial charge in [-0.15, -0.1) is 0 Å². The van der Waals surface area contributed by atoms with Crippen LogP contribution in [0.2, 0.25) is 0 Å². The Morgan fingerprint density at radius 3 is 2.65 bits per heavy atom. The molecule has 0 radical (unpaired) electrons. The molecule has 20 heavy (non-hydrogen) atoms. The predicted molar refractivity (Wildman–Crippen MR) is 76.4 cm³/mol. The summed E-state index contributed by atoms with van der Waals surface area (Å²) in [6.07, 6.45) is 1.94. The first-order chi connectivity index (χ1) is 9.67. The molecule has 0 aromatic heterocycles. The maximum atomic E-state index is 13.0. The van der Waals surface area contributed by atoms with Gasteiger partial charge in [-0.05, 0) is 24.3 Å². The highest BCUT2D eigenvalue weighted by atomic mass is 19.1. The number of carbonyl (C=O) groups is 1. The van der Waals surface area contributed by atoms with Crippen molar-refractivity contribution in [1.29, 1.82) is 0 Å². The van der Waals surface area contributed by atoms with E-state index in [2.05, 4.69) is 11.9 Å². The average molecular weight is 279 g/mol. The summed E-state index contributed by atoms with van der Waals surface area (Å²) in [4.78, 5) is 14.7. The van der Waals surface area contributed by atoms with Crippen molar-refractivity contribution in [3.8, 4) is 0 Å². The number of benzene rings is 1. The molecule has 0 aliphatic carbocycles. The lowest BCUT2D eigenvalue weighted by Crippen LogP contribution is -3.28. The Hall–Kier alpha value is -1.72. The highest BCUT2D eigenvalue weighted by molar-refractivity contribution is 5.91. The Morgan fingerprint density at radius 2 is 2.00 bits per heavy atom. The Balaban J connectivity index is 1.77. The van der Waals surface area contributed by atoms with Crippen LogP contribution in [0, 0.1) is 5.82 Å². The smallest absolute Gasteiger partial charge is 0.279 e. The number of anilines is 1. The topological polar surface area (TPSA) is 38.0 Å². The van der Waals surface area contributed by atoms with E-state index in [4.69, 9.17) is 0 Å². The van der Waals surface area contributed by atoms with Crippen LogP contribution in [-0.2, 0) is 4.79 Å². The quantitative estimate of drug-likeness (QED) is 0.578. The molecule has 1 aliphatic heterocycles. The molecular formula is C15H22FN3O+2.